The number of ether oxygens (including phenoxy) is 1. The molecule has 0 aromatic heterocycles. The van der Waals surface area contributed by atoms with E-state index in [-0.39, 0.29) is 11.9 Å². The Balaban J connectivity index is 1.58. The molecule has 1 spiro atoms. The molecule has 1 fully saturated rings. The highest BCUT2D eigenvalue weighted by Crippen LogP contribution is 2.40. The lowest BCUT2D eigenvalue weighted by atomic mass is 9.82. The summed E-state index contributed by atoms with van der Waals surface area (Å²) in [6.07, 6.45) is 1.32. The van der Waals surface area contributed by atoms with Crippen LogP contribution in [0.3, 0.4) is 0 Å². The molecule has 0 saturated carbocycles. The molecule has 0 unspecified atom stereocenters. The van der Waals surface area contributed by atoms with E-state index in [2.05, 4.69) is 22.5 Å². The Morgan fingerprint density at radius 1 is 1.22 bits per heavy atom. The molecule has 2 aliphatic heterocycles. The number of nitrogens with one attached hydrogen (secondary N) is 2. The van der Waals surface area contributed by atoms with Gasteiger partial charge in [-0.15, -0.1) is 0 Å². The average molecular weight is 392 g/mol. The largest absolute Gasteiger partial charge is 0.450 e. The van der Waals surface area contributed by atoms with Crippen molar-refractivity contribution in [3.63, 3.8) is 0 Å². The molecule has 7 heteroatoms. The zero-order valence-electron chi connectivity index (χ0n) is 15.8. The van der Waals surface area contributed by atoms with E-state index in [1.807, 2.05) is 24.3 Å². The molecular formula is C20H26ClN3O3. The maximum absolute atomic E-state index is 12.8. The third kappa shape index (κ3) is 4.28. The number of carbonyl (C=O) groups is 2. The van der Waals surface area contributed by atoms with Gasteiger partial charge in [0.2, 0.25) is 0 Å². The Hall–Kier alpha value is -2.05. The molecule has 0 aliphatic carbocycles. The minimum atomic E-state index is -0.763. The highest BCUT2D eigenvalue weighted by molar-refractivity contribution is 6.30. The second-order valence-electron chi connectivity index (χ2n) is 7.01. The number of halogens is 1. The van der Waals surface area contributed by atoms with Gasteiger partial charge >= 0.3 is 5.97 Å². The van der Waals surface area contributed by atoms with Crippen molar-refractivity contribution in [3.8, 4) is 0 Å². The van der Waals surface area contributed by atoms with Crippen molar-refractivity contribution in [1.82, 2.24) is 10.2 Å². The van der Waals surface area contributed by atoms with Crippen LogP contribution in [0.2, 0.25) is 5.02 Å². The van der Waals surface area contributed by atoms with E-state index in [1.54, 1.807) is 6.92 Å². The van der Waals surface area contributed by atoms with Crippen LogP contribution < -0.4 is 10.6 Å². The number of carbonyl (C=O) groups excluding carboxylic acids is 2. The van der Waals surface area contributed by atoms with Gasteiger partial charge in [0.15, 0.2) is 0 Å². The van der Waals surface area contributed by atoms with Crippen molar-refractivity contribution in [2.45, 2.75) is 32.3 Å². The molecule has 2 aliphatic rings. The van der Waals surface area contributed by atoms with Crippen LogP contribution >= 0.6 is 11.6 Å². The first-order chi connectivity index (χ1) is 12.9. The van der Waals surface area contributed by atoms with Gasteiger partial charge in [-0.3, -0.25) is 4.79 Å². The maximum Gasteiger partial charge on any atom is 0.335 e. The SMILES string of the molecule is CCN1CCC2(CC1)OC(=O)C(C)=C2C(=O)NCCNc1ccc(Cl)cc1. The monoisotopic (exact) mass is 391 g/mol. The van der Waals surface area contributed by atoms with E-state index in [4.69, 9.17) is 16.3 Å². The van der Waals surface area contributed by atoms with Crippen molar-refractivity contribution in [1.29, 1.82) is 0 Å². The van der Waals surface area contributed by atoms with Gasteiger partial charge < -0.3 is 20.3 Å². The molecule has 1 saturated heterocycles. The second-order valence-corrected chi connectivity index (χ2v) is 7.44. The number of hydrogen-bond acceptors (Lipinski definition) is 5. The number of benzene rings is 1. The summed E-state index contributed by atoms with van der Waals surface area (Å²) in [6, 6.07) is 7.39. The number of piperidine rings is 1. The molecular weight excluding hydrogens is 366 g/mol. The number of nitrogens with zero attached hydrogens (tertiary/aromatic N) is 1. The van der Waals surface area contributed by atoms with E-state index in [9.17, 15) is 9.59 Å². The minimum absolute atomic E-state index is 0.207. The van der Waals surface area contributed by atoms with Crippen LogP contribution in [0, 0.1) is 0 Å². The maximum atomic E-state index is 12.8. The highest BCUT2D eigenvalue weighted by Gasteiger charge is 2.50. The summed E-state index contributed by atoms with van der Waals surface area (Å²) in [5.41, 5.74) is 1.12. The van der Waals surface area contributed by atoms with Crippen molar-refractivity contribution < 1.29 is 14.3 Å². The quantitative estimate of drug-likeness (QED) is 0.576. The van der Waals surface area contributed by atoms with E-state index >= 15 is 0 Å². The smallest absolute Gasteiger partial charge is 0.335 e. The first kappa shape index (κ1) is 19.7. The predicted octanol–water partition coefficient (Wildman–Crippen LogP) is 2.60. The molecule has 0 radical (unpaired) electrons. The summed E-state index contributed by atoms with van der Waals surface area (Å²) >= 11 is 5.87. The number of likely N-dealkylation sites (tertiary alicyclic amines) is 1. The van der Waals surface area contributed by atoms with Gasteiger partial charge in [0.1, 0.15) is 5.60 Å². The van der Waals surface area contributed by atoms with Gasteiger partial charge in [-0.1, -0.05) is 18.5 Å². The van der Waals surface area contributed by atoms with Crippen molar-refractivity contribution >= 4 is 29.2 Å². The predicted molar refractivity (Wildman–Crippen MR) is 106 cm³/mol. The number of hydrogen-bond donors (Lipinski definition) is 2. The molecule has 27 heavy (non-hydrogen) atoms. The molecule has 146 valence electrons. The van der Waals surface area contributed by atoms with E-state index in [0.29, 0.717) is 42.1 Å². The molecule has 1 aromatic carbocycles. The first-order valence-corrected chi connectivity index (χ1v) is 9.77. The van der Waals surface area contributed by atoms with Gasteiger partial charge in [0.25, 0.3) is 5.91 Å². The minimum Gasteiger partial charge on any atom is -0.450 e. The summed E-state index contributed by atoms with van der Waals surface area (Å²) < 4.78 is 5.69. The Labute approximate surface area is 164 Å². The van der Waals surface area contributed by atoms with Gasteiger partial charge in [-0.05, 0) is 37.7 Å². The summed E-state index contributed by atoms with van der Waals surface area (Å²) in [6.45, 7) is 7.43. The van der Waals surface area contributed by atoms with Crippen LogP contribution in [0.1, 0.15) is 26.7 Å². The van der Waals surface area contributed by atoms with Crippen molar-refractivity contribution in [3.05, 3.63) is 40.4 Å². The molecule has 1 amide bonds. The topological polar surface area (TPSA) is 70.7 Å². The summed E-state index contributed by atoms with van der Waals surface area (Å²) in [5, 5.41) is 6.83. The van der Waals surface area contributed by atoms with Crippen LogP contribution in [0.25, 0.3) is 0 Å². The van der Waals surface area contributed by atoms with E-state index < -0.39 is 5.60 Å². The summed E-state index contributed by atoms with van der Waals surface area (Å²) in [7, 11) is 0. The highest BCUT2D eigenvalue weighted by atomic mass is 35.5. The Bertz CT molecular complexity index is 737. The average Bonchev–Trinajstić information content (AvgIpc) is 2.90. The summed E-state index contributed by atoms with van der Waals surface area (Å²) in [5.74, 6) is -0.578. The van der Waals surface area contributed by atoms with Crippen LogP contribution in [0.15, 0.2) is 35.4 Å². The fourth-order valence-electron chi connectivity index (χ4n) is 3.75. The third-order valence-corrected chi connectivity index (χ3v) is 5.60. The van der Waals surface area contributed by atoms with Crippen molar-refractivity contribution in [2.24, 2.45) is 0 Å². The van der Waals surface area contributed by atoms with Gasteiger partial charge in [-0.25, -0.2) is 4.79 Å². The molecule has 0 atom stereocenters. The molecule has 2 N–H and O–H groups in total. The molecule has 3 rings (SSSR count). The second kappa shape index (κ2) is 8.31. The van der Waals surface area contributed by atoms with Crippen molar-refractivity contribution in [2.75, 3.05) is 38.0 Å². The number of rotatable bonds is 6. The first-order valence-electron chi connectivity index (χ1n) is 9.40. The lowest BCUT2D eigenvalue weighted by Crippen LogP contribution is -2.49. The normalized spacial score (nSPS) is 19.3. The van der Waals surface area contributed by atoms with Gasteiger partial charge in [0.05, 0.1) is 5.57 Å². The number of anilines is 1. The number of amides is 1. The van der Waals surface area contributed by atoms with Crippen LogP contribution in [-0.2, 0) is 14.3 Å². The van der Waals surface area contributed by atoms with Crippen LogP contribution in [0.4, 0.5) is 5.69 Å². The Morgan fingerprint density at radius 2 is 1.89 bits per heavy atom. The summed E-state index contributed by atoms with van der Waals surface area (Å²) in [4.78, 5) is 27.3. The van der Waals surface area contributed by atoms with E-state index in [0.717, 1.165) is 25.3 Å². The van der Waals surface area contributed by atoms with Crippen LogP contribution in [0.5, 0.6) is 0 Å². The lowest BCUT2D eigenvalue weighted by Gasteiger charge is -2.39. The van der Waals surface area contributed by atoms with Crippen LogP contribution in [-0.4, -0.2) is 55.1 Å². The zero-order valence-corrected chi connectivity index (χ0v) is 16.6. The number of esters is 1. The Kier molecular flexibility index (Phi) is 6.07. The molecule has 6 nitrogen and oxygen atoms in total. The van der Waals surface area contributed by atoms with Gasteiger partial charge in [0, 0.05) is 55.3 Å². The standard InChI is InChI=1S/C20H26ClN3O3/c1-3-24-12-8-20(9-13-24)17(14(2)19(26)27-20)18(25)23-11-10-22-16-6-4-15(21)5-7-16/h4-7,22H,3,8-13H2,1-2H3,(H,23,25). The fraction of sp³-hybridized carbons (Fsp3) is 0.500. The molecule has 1 aromatic rings. The fourth-order valence-corrected chi connectivity index (χ4v) is 3.87. The molecule has 0 bridgehead atoms. The van der Waals surface area contributed by atoms with E-state index in [1.165, 1.54) is 0 Å². The van der Waals surface area contributed by atoms with Gasteiger partial charge in [-0.2, -0.15) is 0 Å². The molecule has 2 heterocycles. The Morgan fingerprint density at radius 3 is 2.52 bits per heavy atom. The zero-order chi connectivity index (χ0) is 19.4. The lowest BCUT2D eigenvalue weighted by molar-refractivity contribution is -0.150. The third-order valence-electron chi connectivity index (χ3n) is 5.35.